The average Bonchev–Trinajstić information content (AvgIpc) is 3.11. The minimum absolute atomic E-state index is 0.0337. The molecule has 2 aliphatic rings. The minimum atomic E-state index is -0.843. The summed E-state index contributed by atoms with van der Waals surface area (Å²) in [5, 5.41) is 13.5. The Morgan fingerprint density at radius 3 is 2.57 bits per heavy atom. The first-order valence-corrected chi connectivity index (χ1v) is 13.1. The Hall–Kier alpha value is -3.95. The van der Waals surface area contributed by atoms with Crippen molar-refractivity contribution in [2.24, 2.45) is 11.5 Å². The number of carbonyl (C=O) groups excluding carboxylic acids is 3. The molecular weight excluding hydrogens is 486 g/mol. The molecule has 1 aromatic rings. The van der Waals surface area contributed by atoms with Crippen LogP contribution >= 0.6 is 11.8 Å². The van der Waals surface area contributed by atoms with Crippen molar-refractivity contribution in [3.05, 3.63) is 57.3 Å². The number of nitrogens with two attached hydrogens (primary N) is 2. The topological polar surface area (TPSA) is 142 Å². The molecule has 37 heavy (non-hydrogen) atoms. The van der Waals surface area contributed by atoms with Crippen molar-refractivity contribution in [3.63, 3.8) is 0 Å². The van der Waals surface area contributed by atoms with Gasteiger partial charge in [0.2, 0.25) is 5.91 Å². The maximum absolute atomic E-state index is 11.8. The highest BCUT2D eigenvalue weighted by Crippen LogP contribution is 2.27. The highest BCUT2D eigenvalue weighted by atomic mass is 32.2. The number of hydrogen-bond acceptors (Lipinski definition) is 7. The van der Waals surface area contributed by atoms with Crippen LogP contribution in [-0.2, 0) is 20.8 Å². The third kappa shape index (κ3) is 9.91. The summed E-state index contributed by atoms with van der Waals surface area (Å²) in [5.74, 6) is -0.689. The number of ketones is 1. The van der Waals surface area contributed by atoms with E-state index in [9.17, 15) is 14.4 Å². The van der Waals surface area contributed by atoms with Crippen LogP contribution in [-0.4, -0.2) is 41.8 Å². The first-order valence-electron chi connectivity index (χ1n) is 11.8. The molecule has 1 saturated heterocycles. The molecule has 0 spiro atoms. The number of benzene rings is 1. The molecular formula is C28H35N5O3S. The van der Waals surface area contributed by atoms with Crippen LogP contribution in [0.1, 0.15) is 50.7 Å². The van der Waals surface area contributed by atoms with E-state index in [4.69, 9.17) is 16.7 Å². The Labute approximate surface area is 223 Å². The number of nitriles is 1. The van der Waals surface area contributed by atoms with Crippen LogP contribution in [0, 0.1) is 24.2 Å². The van der Waals surface area contributed by atoms with E-state index in [0.29, 0.717) is 6.42 Å². The fourth-order valence-electron chi connectivity index (χ4n) is 3.80. The molecule has 0 unspecified atom stereocenters. The molecule has 9 heteroatoms. The number of Topliss-reactive ketones (excluding diaryl/α,β-unsaturated/α-hetero) is 1. The van der Waals surface area contributed by atoms with Crippen LogP contribution in [0.5, 0.6) is 0 Å². The van der Waals surface area contributed by atoms with Crippen LogP contribution in [0.25, 0.3) is 6.08 Å². The third-order valence-corrected chi connectivity index (χ3v) is 6.25. The van der Waals surface area contributed by atoms with Gasteiger partial charge in [0, 0.05) is 24.2 Å². The number of nitrogens with zero attached hydrogens (tertiary/aromatic N) is 2. The second-order valence-corrected chi connectivity index (χ2v) is 9.26. The van der Waals surface area contributed by atoms with E-state index in [1.165, 1.54) is 22.9 Å². The normalized spacial score (nSPS) is 15.2. The summed E-state index contributed by atoms with van der Waals surface area (Å²) in [5.41, 5.74) is 15.6. The molecule has 1 aliphatic heterocycles. The summed E-state index contributed by atoms with van der Waals surface area (Å²) >= 11 is 1.52. The molecule has 0 bridgehead atoms. The van der Waals surface area contributed by atoms with Gasteiger partial charge in [0.15, 0.2) is 11.4 Å². The fourth-order valence-corrected chi connectivity index (χ4v) is 4.28. The lowest BCUT2D eigenvalue weighted by Gasteiger charge is -2.19. The molecule has 0 radical (unpaired) electrons. The van der Waals surface area contributed by atoms with Crippen molar-refractivity contribution < 1.29 is 14.4 Å². The van der Waals surface area contributed by atoms with E-state index in [-0.39, 0.29) is 29.6 Å². The molecule has 1 aliphatic carbocycles. The number of thioether (sulfide) groups is 1. The predicted octanol–water partition coefficient (Wildman–Crippen LogP) is 3.71. The van der Waals surface area contributed by atoms with Crippen LogP contribution in [0.4, 0.5) is 5.69 Å². The van der Waals surface area contributed by atoms with Gasteiger partial charge in [0.25, 0.3) is 5.91 Å². The standard InChI is InChI=1S/C14H14N4O.C12H19NO2S.C2H2/c1-8-4-9-2-3-11(6-10(9)5-8)18-13(16)12(7-15)14(17)19;1-10(9-16-2)11(14)8-13-7-5-3-4-6-12(13)15;1-2/h2-3,5-6,18H,4,16H2,1H3,(H2,17,19);9H,3-8H2,1-2H3;1-2H/b13-12+;10-9+;. The summed E-state index contributed by atoms with van der Waals surface area (Å²) in [4.78, 5) is 36.2. The van der Waals surface area contributed by atoms with Gasteiger partial charge in [-0.05, 0) is 68.0 Å². The first-order chi connectivity index (χ1) is 17.7. The van der Waals surface area contributed by atoms with Crippen molar-refractivity contribution in [3.8, 4) is 18.9 Å². The lowest BCUT2D eigenvalue weighted by Crippen LogP contribution is -2.35. The zero-order valence-corrected chi connectivity index (χ0v) is 22.5. The van der Waals surface area contributed by atoms with E-state index in [1.807, 2.05) is 29.9 Å². The molecule has 3 rings (SSSR count). The zero-order valence-electron chi connectivity index (χ0n) is 21.7. The van der Waals surface area contributed by atoms with E-state index in [0.717, 1.165) is 49.1 Å². The van der Waals surface area contributed by atoms with Crippen LogP contribution in [0.15, 0.2) is 46.1 Å². The number of nitrogens with one attached hydrogen (secondary N) is 1. The molecule has 0 aromatic heterocycles. The number of likely N-dealkylation sites (tertiary alicyclic amines) is 1. The van der Waals surface area contributed by atoms with E-state index < -0.39 is 5.91 Å². The molecule has 0 saturated carbocycles. The molecule has 1 heterocycles. The smallest absolute Gasteiger partial charge is 0.263 e. The monoisotopic (exact) mass is 521 g/mol. The summed E-state index contributed by atoms with van der Waals surface area (Å²) in [7, 11) is 0. The Kier molecular flexibility index (Phi) is 13.4. The third-order valence-electron chi connectivity index (χ3n) is 5.66. The second kappa shape index (κ2) is 15.9. The van der Waals surface area contributed by atoms with Gasteiger partial charge in [-0.3, -0.25) is 14.4 Å². The highest BCUT2D eigenvalue weighted by Gasteiger charge is 2.19. The van der Waals surface area contributed by atoms with Crippen LogP contribution in [0.3, 0.4) is 0 Å². The average molecular weight is 522 g/mol. The molecule has 196 valence electrons. The zero-order chi connectivity index (χ0) is 28.0. The molecule has 2 amide bonds. The number of anilines is 1. The van der Waals surface area contributed by atoms with Crippen LogP contribution < -0.4 is 16.8 Å². The number of primary amides is 1. The second-order valence-electron chi connectivity index (χ2n) is 8.56. The maximum Gasteiger partial charge on any atom is 0.263 e. The maximum atomic E-state index is 11.8. The summed E-state index contributed by atoms with van der Waals surface area (Å²) < 4.78 is 0. The van der Waals surface area contributed by atoms with Gasteiger partial charge in [-0.25, -0.2) is 0 Å². The lowest BCUT2D eigenvalue weighted by atomic mass is 10.1. The van der Waals surface area contributed by atoms with Crippen LogP contribution in [0.2, 0.25) is 0 Å². The first kappa shape index (κ1) is 31.1. The Balaban J connectivity index is 0.000000352. The Morgan fingerprint density at radius 2 is 1.95 bits per heavy atom. The van der Waals surface area contributed by atoms with Gasteiger partial charge < -0.3 is 21.7 Å². The lowest BCUT2D eigenvalue weighted by molar-refractivity contribution is -0.134. The number of allylic oxidation sites excluding steroid dienone is 1. The molecule has 8 nitrogen and oxygen atoms in total. The Bertz CT molecular complexity index is 1160. The number of rotatable bonds is 7. The fraction of sp³-hybridized carbons (Fsp3) is 0.357. The Morgan fingerprint density at radius 1 is 1.24 bits per heavy atom. The number of hydrogen-bond donors (Lipinski definition) is 3. The molecule has 1 fully saturated rings. The minimum Gasteiger partial charge on any atom is -0.384 e. The number of terminal acetylenes is 1. The van der Waals surface area contributed by atoms with Crippen molar-refractivity contribution in [1.82, 2.24) is 4.90 Å². The number of fused-ring (bicyclic) bond motifs is 1. The number of carbonyl (C=O) groups is 3. The van der Waals surface area contributed by atoms with E-state index >= 15 is 0 Å². The number of amides is 2. The van der Waals surface area contributed by atoms with Crippen molar-refractivity contribution >= 4 is 41.1 Å². The molecule has 0 atom stereocenters. The SMILES string of the molecule is C#C.CC1=Cc2cc(N/C(N)=C(\C#N)C(N)=O)ccc2C1.CS/C=C(\C)C(=O)CN1CCCCCC1=O. The summed E-state index contributed by atoms with van der Waals surface area (Å²) in [6, 6.07) is 7.46. The van der Waals surface area contributed by atoms with Gasteiger partial charge in [0.1, 0.15) is 11.9 Å². The predicted molar refractivity (Wildman–Crippen MR) is 151 cm³/mol. The van der Waals surface area contributed by atoms with Gasteiger partial charge in [0.05, 0.1) is 6.54 Å². The van der Waals surface area contributed by atoms with Crippen molar-refractivity contribution in [1.29, 1.82) is 5.26 Å². The van der Waals surface area contributed by atoms with Gasteiger partial charge in [-0.15, -0.1) is 24.6 Å². The molecule has 1 aromatic carbocycles. The van der Waals surface area contributed by atoms with Gasteiger partial charge in [-0.2, -0.15) is 5.26 Å². The largest absolute Gasteiger partial charge is 0.384 e. The van der Waals surface area contributed by atoms with Gasteiger partial charge in [-0.1, -0.05) is 24.1 Å². The highest BCUT2D eigenvalue weighted by molar-refractivity contribution is 8.01. The summed E-state index contributed by atoms with van der Waals surface area (Å²) in [6.07, 6.45) is 16.6. The molecule has 5 N–H and O–H groups in total. The quantitative estimate of drug-likeness (QED) is 0.282. The van der Waals surface area contributed by atoms with Crippen molar-refractivity contribution in [2.45, 2.75) is 46.0 Å². The van der Waals surface area contributed by atoms with E-state index in [1.54, 1.807) is 17.9 Å². The van der Waals surface area contributed by atoms with Gasteiger partial charge >= 0.3 is 0 Å². The van der Waals surface area contributed by atoms with E-state index in [2.05, 4.69) is 31.2 Å². The van der Waals surface area contributed by atoms with Crippen molar-refractivity contribution in [2.75, 3.05) is 24.7 Å². The summed E-state index contributed by atoms with van der Waals surface area (Å²) in [6.45, 7) is 4.86.